The largest absolute Gasteiger partial charge is 0.393 e. The van der Waals surface area contributed by atoms with Crippen molar-refractivity contribution in [2.45, 2.75) is 84.3 Å². The van der Waals surface area contributed by atoms with Crippen molar-refractivity contribution in [2.75, 3.05) is 0 Å². The molecule has 2 nitrogen and oxygen atoms in total. The normalized spacial score (nSPS) is 33.8. The van der Waals surface area contributed by atoms with E-state index in [-0.39, 0.29) is 11.5 Å². The van der Waals surface area contributed by atoms with Gasteiger partial charge < -0.3 is 10.2 Å². The van der Waals surface area contributed by atoms with Gasteiger partial charge in [0, 0.05) is 0 Å². The number of aliphatic hydroxyl groups is 2. The minimum atomic E-state index is -0.642. The highest BCUT2D eigenvalue weighted by molar-refractivity contribution is 5.26. The van der Waals surface area contributed by atoms with Crippen LogP contribution < -0.4 is 0 Å². The lowest BCUT2D eigenvalue weighted by molar-refractivity contribution is 0.00804. The Morgan fingerprint density at radius 3 is 2.73 bits per heavy atom. The van der Waals surface area contributed by atoms with E-state index in [1.807, 2.05) is 19.9 Å². The monoisotopic (exact) mass is 306 g/mol. The van der Waals surface area contributed by atoms with Gasteiger partial charge in [-0.2, -0.15) is 0 Å². The third-order valence-corrected chi connectivity index (χ3v) is 6.40. The van der Waals surface area contributed by atoms with Gasteiger partial charge in [0.25, 0.3) is 0 Å². The molecule has 0 saturated heterocycles. The van der Waals surface area contributed by atoms with Crippen LogP contribution in [0.1, 0.15) is 72.6 Å². The van der Waals surface area contributed by atoms with Crippen LogP contribution in [0.15, 0.2) is 23.8 Å². The molecule has 1 saturated carbocycles. The molecule has 2 heteroatoms. The molecule has 0 radical (unpaired) electrons. The van der Waals surface area contributed by atoms with Crippen molar-refractivity contribution in [1.29, 1.82) is 0 Å². The summed E-state index contributed by atoms with van der Waals surface area (Å²) >= 11 is 0. The Morgan fingerprint density at radius 2 is 2.09 bits per heavy atom. The second-order valence-electron chi connectivity index (χ2n) is 7.73. The van der Waals surface area contributed by atoms with E-state index in [2.05, 4.69) is 26.0 Å². The highest BCUT2D eigenvalue weighted by Crippen LogP contribution is 2.55. The van der Waals surface area contributed by atoms with Gasteiger partial charge in [-0.1, -0.05) is 51.5 Å². The third kappa shape index (κ3) is 3.33. The highest BCUT2D eigenvalue weighted by Gasteiger charge is 2.47. The van der Waals surface area contributed by atoms with Crippen LogP contribution in [0.3, 0.4) is 0 Å². The molecule has 0 spiro atoms. The molecule has 0 aliphatic heterocycles. The average molecular weight is 306 g/mol. The van der Waals surface area contributed by atoms with Crippen molar-refractivity contribution < 1.29 is 10.2 Å². The fourth-order valence-corrected chi connectivity index (χ4v) is 4.62. The molecule has 0 aromatic rings. The number of rotatable bonds is 6. The van der Waals surface area contributed by atoms with Crippen molar-refractivity contribution in [3.63, 3.8) is 0 Å². The van der Waals surface area contributed by atoms with Gasteiger partial charge in [-0.05, 0) is 62.2 Å². The molecule has 0 aromatic heterocycles. The van der Waals surface area contributed by atoms with Gasteiger partial charge in [0.1, 0.15) is 0 Å². The predicted octanol–water partition coefficient (Wildman–Crippen LogP) is 4.62. The second-order valence-corrected chi connectivity index (χ2v) is 7.73. The van der Waals surface area contributed by atoms with Crippen molar-refractivity contribution >= 4 is 0 Å². The molecular weight excluding hydrogens is 272 g/mol. The van der Waals surface area contributed by atoms with E-state index >= 15 is 0 Å². The lowest BCUT2D eigenvalue weighted by Gasteiger charge is -2.43. The van der Waals surface area contributed by atoms with Gasteiger partial charge in [-0.15, -0.1) is 0 Å². The summed E-state index contributed by atoms with van der Waals surface area (Å²) in [6.45, 7) is 8.72. The molecule has 2 aliphatic rings. The molecule has 4 unspecified atom stereocenters. The molecule has 2 rings (SSSR count). The lowest BCUT2D eigenvalue weighted by Crippen LogP contribution is -2.39. The van der Waals surface area contributed by atoms with E-state index in [4.69, 9.17) is 0 Å². The summed E-state index contributed by atoms with van der Waals surface area (Å²) in [7, 11) is 0. The molecule has 2 N–H and O–H groups in total. The minimum Gasteiger partial charge on any atom is -0.393 e. The van der Waals surface area contributed by atoms with Gasteiger partial charge >= 0.3 is 0 Å². The fraction of sp³-hybridized carbons (Fsp3) is 0.800. The van der Waals surface area contributed by atoms with Gasteiger partial charge in [0.05, 0.1) is 11.7 Å². The highest BCUT2D eigenvalue weighted by atomic mass is 16.3. The van der Waals surface area contributed by atoms with Gasteiger partial charge in [0.15, 0.2) is 0 Å². The maximum atomic E-state index is 10.3. The van der Waals surface area contributed by atoms with Gasteiger partial charge in [0.2, 0.25) is 0 Å². The second kappa shape index (κ2) is 6.88. The maximum absolute atomic E-state index is 10.3. The Hall–Kier alpha value is -0.600. The van der Waals surface area contributed by atoms with Crippen LogP contribution in [0.2, 0.25) is 0 Å². The number of allylic oxidation sites excluding steroid dienone is 3. The van der Waals surface area contributed by atoms with Crippen molar-refractivity contribution in [1.82, 2.24) is 0 Å². The first-order chi connectivity index (χ1) is 10.4. The first-order valence-corrected chi connectivity index (χ1v) is 9.15. The van der Waals surface area contributed by atoms with E-state index in [1.165, 1.54) is 12.0 Å². The Balaban J connectivity index is 2.01. The zero-order valence-corrected chi connectivity index (χ0v) is 14.8. The van der Waals surface area contributed by atoms with E-state index in [9.17, 15) is 10.2 Å². The van der Waals surface area contributed by atoms with Crippen LogP contribution in [-0.2, 0) is 0 Å². The van der Waals surface area contributed by atoms with Crippen molar-refractivity contribution in [2.24, 2.45) is 17.3 Å². The standard InChI is InChI=1S/C20H34O2/c1-5-20(22,6-2)14-7-9-15(3)16-11-12-17-18(21)10-8-13-19(16,17)4/h7,11,14-15,17-18,21-22H,5-6,8-10,12-13H2,1-4H3. The summed E-state index contributed by atoms with van der Waals surface area (Å²) in [4.78, 5) is 0. The summed E-state index contributed by atoms with van der Waals surface area (Å²) < 4.78 is 0. The van der Waals surface area contributed by atoms with Crippen molar-refractivity contribution in [3.05, 3.63) is 23.8 Å². The quantitative estimate of drug-likeness (QED) is 0.703. The minimum absolute atomic E-state index is 0.125. The molecular formula is C20H34O2. The summed E-state index contributed by atoms with van der Waals surface area (Å²) in [5.41, 5.74) is 1.09. The molecule has 1 fully saturated rings. The van der Waals surface area contributed by atoms with Crippen LogP contribution in [-0.4, -0.2) is 21.9 Å². The molecule has 0 heterocycles. The molecule has 0 aromatic carbocycles. The van der Waals surface area contributed by atoms with Crippen LogP contribution in [0, 0.1) is 17.3 Å². The molecule has 4 atom stereocenters. The summed E-state index contributed by atoms with van der Waals surface area (Å²) in [5, 5.41) is 20.7. The lowest BCUT2D eigenvalue weighted by atomic mass is 9.63. The molecule has 22 heavy (non-hydrogen) atoms. The van der Waals surface area contributed by atoms with E-state index < -0.39 is 5.60 Å². The Kier molecular flexibility index (Phi) is 5.55. The average Bonchev–Trinajstić information content (AvgIpc) is 2.85. The summed E-state index contributed by atoms with van der Waals surface area (Å²) in [6, 6.07) is 0. The van der Waals surface area contributed by atoms with Crippen molar-refractivity contribution in [3.8, 4) is 0 Å². The smallest absolute Gasteiger partial charge is 0.0822 e. The fourth-order valence-electron chi connectivity index (χ4n) is 4.62. The van der Waals surface area contributed by atoms with Crippen LogP contribution >= 0.6 is 0 Å². The number of hydrogen-bond acceptors (Lipinski definition) is 2. The third-order valence-electron chi connectivity index (χ3n) is 6.40. The Bertz CT molecular complexity index is 433. The first kappa shape index (κ1) is 17.7. The predicted molar refractivity (Wildman–Crippen MR) is 92.6 cm³/mol. The topological polar surface area (TPSA) is 40.5 Å². The first-order valence-electron chi connectivity index (χ1n) is 9.15. The SMILES string of the molecule is CCC(O)(C=CCC(C)C1=CCC2C(O)CCCC12C)CC. The van der Waals surface area contributed by atoms with Gasteiger partial charge in [-0.3, -0.25) is 0 Å². The summed E-state index contributed by atoms with van der Waals surface area (Å²) in [5.74, 6) is 0.917. The summed E-state index contributed by atoms with van der Waals surface area (Å²) in [6.07, 6.45) is 13.3. The zero-order valence-electron chi connectivity index (χ0n) is 14.8. The van der Waals surface area contributed by atoms with Crippen LogP contribution in [0.25, 0.3) is 0 Å². The van der Waals surface area contributed by atoms with Gasteiger partial charge in [-0.25, -0.2) is 0 Å². The molecule has 0 amide bonds. The molecule has 0 bridgehead atoms. The maximum Gasteiger partial charge on any atom is 0.0822 e. The Labute approximate surface area is 136 Å². The number of aliphatic hydroxyl groups excluding tert-OH is 1. The van der Waals surface area contributed by atoms with Crippen LogP contribution in [0.5, 0.6) is 0 Å². The van der Waals surface area contributed by atoms with E-state index in [1.54, 1.807) is 0 Å². The zero-order chi connectivity index (χ0) is 16.4. The number of hydrogen-bond donors (Lipinski definition) is 2. The molecule has 126 valence electrons. The van der Waals surface area contributed by atoms with E-state index in [0.717, 1.165) is 38.5 Å². The Morgan fingerprint density at radius 1 is 1.41 bits per heavy atom. The van der Waals surface area contributed by atoms with E-state index in [0.29, 0.717) is 11.8 Å². The van der Waals surface area contributed by atoms with Crippen LogP contribution in [0.4, 0.5) is 0 Å². The number of fused-ring (bicyclic) bond motifs is 1. The molecule has 2 aliphatic carbocycles.